The van der Waals surface area contributed by atoms with Crippen LogP contribution in [0.2, 0.25) is 4.34 Å². The predicted molar refractivity (Wildman–Crippen MR) is 125 cm³/mol. The van der Waals surface area contributed by atoms with Gasteiger partial charge in [-0.25, -0.2) is 8.42 Å². The number of sulfonamides is 1. The average molecular weight is 494 g/mol. The maximum Gasteiger partial charge on any atom is 0.266 e. The van der Waals surface area contributed by atoms with E-state index in [1.165, 1.54) is 27.3 Å². The molecule has 0 bridgehead atoms. The molecule has 4 rings (SSSR count). The number of benzene rings is 1. The molecule has 6 nitrogen and oxygen atoms in total. The molecule has 1 aliphatic heterocycles. The fourth-order valence-corrected chi connectivity index (χ4v) is 8.02. The molecule has 10 heteroatoms. The van der Waals surface area contributed by atoms with Crippen LogP contribution >= 0.6 is 34.3 Å². The number of rotatable bonds is 5. The molecule has 1 amide bonds. The first-order chi connectivity index (χ1) is 14.8. The number of thiophene rings is 1. The zero-order valence-corrected chi connectivity index (χ0v) is 20.0. The van der Waals surface area contributed by atoms with Gasteiger partial charge in [-0.1, -0.05) is 41.8 Å². The number of amides is 1. The van der Waals surface area contributed by atoms with E-state index in [-0.39, 0.29) is 17.3 Å². The molecule has 1 saturated heterocycles. The molecule has 1 aliphatic rings. The Hall–Kier alpha value is -1.96. The highest BCUT2D eigenvalue weighted by Gasteiger charge is 2.40. The Morgan fingerprint density at radius 1 is 1.32 bits per heavy atom. The number of aryl methyl sites for hydroxylation is 1. The van der Waals surface area contributed by atoms with E-state index in [9.17, 15) is 13.2 Å². The lowest BCUT2D eigenvalue weighted by Gasteiger charge is -2.20. The van der Waals surface area contributed by atoms with Crippen LogP contribution in [-0.2, 0) is 27.8 Å². The number of fused-ring (bicyclic) bond motifs is 1. The van der Waals surface area contributed by atoms with Gasteiger partial charge in [0.1, 0.15) is 10.3 Å². The maximum atomic E-state index is 13.1. The molecular formula is C21H20ClN3O3S3. The topological polar surface area (TPSA) is 71.7 Å². The highest BCUT2D eigenvalue weighted by Crippen LogP contribution is 2.32. The van der Waals surface area contributed by atoms with E-state index in [1.807, 2.05) is 16.7 Å². The molecule has 3 aromatic rings. The van der Waals surface area contributed by atoms with Crippen LogP contribution < -0.4 is 4.80 Å². The Bertz CT molecular complexity index is 1360. The molecule has 1 fully saturated rings. The van der Waals surface area contributed by atoms with Gasteiger partial charge in [-0.05, 0) is 49.1 Å². The molecule has 1 unspecified atom stereocenters. The Morgan fingerprint density at radius 2 is 2.13 bits per heavy atom. The van der Waals surface area contributed by atoms with E-state index < -0.39 is 22.0 Å². The van der Waals surface area contributed by atoms with Gasteiger partial charge in [0, 0.05) is 6.54 Å². The van der Waals surface area contributed by atoms with E-state index in [1.54, 1.807) is 6.07 Å². The summed E-state index contributed by atoms with van der Waals surface area (Å²) in [5.74, 6) is 2.14. The van der Waals surface area contributed by atoms with E-state index in [0.717, 1.165) is 28.0 Å². The Morgan fingerprint density at radius 3 is 2.81 bits per heavy atom. The van der Waals surface area contributed by atoms with Crippen molar-refractivity contribution in [2.24, 2.45) is 4.99 Å². The molecule has 1 atom stereocenters. The summed E-state index contributed by atoms with van der Waals surface area (Å²) in [6, 6.07) is 8.27. The number of thiazole rings is 1. The second-order valence-corrected chi connectivity index (χ2v) is 12.0. The Balaban J connectivity index is 1.73. The summed E-state index contributed by atoms with van der Waals surface area (Å²) in [6.07, 6.45) is 7.47. The highest BCUT2D eigenvalue weighted by atomic mass is 35.5. The Labute approximate surface area is 193 Å². The quantitative estimate of drug-likeness (QED) is 0.506. The zero-order chi connectivity index (χ0) is 22.2. The van der Waals surface area contributed by atoms with Gasteiger partial charge < -0.3 is 4.57 Å². The van der Waals surface area contributed by atoms with Crippen LogP contribution in [0.1, 0.15) is 25.3 Å². The summed E-state index contributed by atoms with van der Waals surface area (Å²) in [5, 5.41) is 0. The summed E-state index contributed by atoms with van der Waals surface area (Å²) in [4.78, 5) is 17.9. The molecule has 0 saturated carbocycles. The summed E-state index contributed by atoms with van der Waals surface area (Å²) in [7, 11) is -3.81. The minimum atomic E-state index is -3.81. The van der Waals surface area contributed by atoms with Crippen LogP contribution in [0.15, 0.2) is 39.5 Å². The molecule has 0 radical (unpaired) electrons. The van der Waals surface area contributed by atoms with Crippen molar-refractivity contribution in [2.45, 2.75) is 43.0 Å². The molecule has 162 valence electrons. The third kappa shape index (κ3) is 4.23. The lowest BCUT2D eigenvalue weighted by Crippen LogP contribution is -2.40. The van der Waals surface area contributed by atoms with Gasteiger partial charge in [-0.2, -0.15) is 9.30 Å². The third-order valence-corrected chi connectivity index (χ3v) is 9.86. The van der Waals surface area contributed by atoms with Crippen molar-refractivity contribution in [2.75, 3.05) is 6.54 Å². The van der Waals surface area contributed by atoms with Gasteiger partial charge >= 0.3 is 0 Å². The number of terminal acetylenes is 1. The fraction of sp³-hybridized carbons (Fsp3) is 0.333. The minimum absolute atomic E-state index is 0.133. The summed E-state index contributed by atoms with van der Waals surface area (Å²) in [5.41, 5.74) is 2.10. The second-order valence-electron chi connectivity index (χ2n) is 7.11. The van der Waals surface area contributed by atoms with E-state index >= 15 is 0 Å². The largest absolute Gasteiger partial charge is 0.305 e. The SMILES string of the molecule is C#CCn1c(=NC(=O)C2CCCN2S(=O)(=O)c2ccc(Cl)s2)sc2cc(CC)ccc21. The van der Waals surface area contributed by atoms with E-state index in [0.29, 0.717) is 22.0 Å². The second kappa shape index (κ2) is 8.88. The van der Waals surface area contributed by atoms with Crippen LogP contribution in [0.3, 0.4) is 0 Å². The van der Waals surface area contributed by atoms with Gasteiger partial charge in [0.2, 0.25) is 0 Å². The molecule has 0 spiro atoms. The van der Waals surface area contributed by atoms with Crippen LogP contribution in [0.25, 0.3) is 10.2 Å². The summed E-state index contributed by atoms with van der Waals surface area (Å²) < 4.78 is 30.7. The standard InChI is InChI=1S/C21H20ClN3O3S3/c1-3-11-24-15-8-7-14(4-2)13-17(15)29-21(24)23-20(26)16-6-5-12-25(16)31(27,28)19-10-9-18(22)30-19/h1,7-10,13,16H,4-6,11-12H2,2H3. The number of carbonyl (C=O) groups excluding carboxylic acids is 1. The number of hydrogen-bond donors (Lipinski definition) is 0. The maximum absolute atomic E-state index is 13.1. The van der Waals surface area contributed by atoms with Gasteiger partial charge in [0.15, 0.2) is 4.80 Å². The van der Waals surface area contributed by atoms with Gasteiger partial charge in [-0.15, -0.1) is 17.8 Å². The lowest BCUT2D eigenvalue weighted by molar-refractivity contribution is -0.121. The fourth-order valence-electron chi connectivity index (χ4n) is 3.66. The minimum Gasteiger partial charge on any atom is -0.305 e. The van der Waals surface area contributed by atoms with Crippen LogP contribution in [-0.4, -0.2) is 35.8 Å². The van der Waals surface area contributed by atoms with Gasteiger partial charge in [0.05, 0.1) is 21.1 Å². The lowest BCUT2D eigenvalue weighted by atomic mass is 10.2. The number of carbonyl (C=O) groups is 1. The zero-order valence-electron chi connectivity index (χ0n) is 16.7. The van der Waals surface area contributed by atoms with Crippen molar-refractivity contribution in [3.63, 3.8) is 0 Å². The van der Waals surface area contributed by atoms with Crippen molar-refractivity contribution in [1.29, 1.82) is 0 Å². The molecule has 1 aromatic carbocycles. The first-order valence-corrected chi connectivity index (χ1v) is 13.2. The first-order valence-electron chi connectivity index (χ1n) is 9.76. The van der Waals surface area contributed by atoms with Crippen molar-refractivity contribution in [3.05, 3.63) is 45.0 Å². The van der Waals surface area contributed by atoms with Gasteiger partial charge in [0.25, 0.3) is 15.9 Å². The van der Waals surface area contributed by atoms with Crippen LogP contribution in [0.5, 0.6) is 0 Å². The number of aromatic nitrogens is 1. The van der Waals surface area contributed by atoms with Crippen molar-refractivity contribution in [3.8, 4) is 12.3 Å². The van der Waals surface area contributed by atoms with Crippen LogP contribution in [0, 0.1) is 12.3 Å². The summed E-state index contributed by atoms with van der Waals surface area (Å²) >= 11 is 8.29. The highest BCUT2D eigenvalue weighted by molar-refractivity contribution is 7.91. The average Bonchev–Trinajstić information content (AvgIpc) is 3.47. The third-order valence-electron chi connectivity index (χ3n) is 5.21. The first kappa shape index (κ1) is 22.2. The molecule has 2 aromatic heterocycles. The normalized spacial score (nSPS) is 18.0. The predicted octanol–water partition coefficient (Wildman–Crippen LogP) is 3.89. The van der Waals surface area contributed by atoms with Crippen molar-refractivity contribution >= 4 is 60.4 Å². The monoisotopic (exact) mass is 493 g/mol. The van der Waals surface area contributed by atoms with Gasteiger partial charge in [-0.3, -0.25) is 4.79 Å². The van der Waals surface area contributed by atoms with Crippen LogP contribution in [0.4, 0.5) is 0 Å². The summed E-state index contributed by atoms with van der Waals surface area (Å²) in [6.45, 7) is 2.63. The number of nitrogens with zero attached hydrogens (tertiary/aromatic N) is 3. The van der Waals surface area contributed by atoms with Crippen molar-refractivity contribution in [1.82, 2.24) is 8.87 Å². The molecular weight excluding hydrogens is 474 g/mol. The van der Waals surface area contributed by atoms with E-state index in [2.05, 4.69) is 23.9 Å². The molecule has 31 heavy (non-hydrogen) atoms. The number of hydrogen-bond acceptors (Lipinski definition) is 5. The Kier molecular flexibility index (Phi) is 6.37. The molecule has 0 N–H and O–H groups in total. The van der Waals surface area contributed by atoms with E-state index in [4.69, 9.17) is 18.0 Å². The molecule has 0 aliphatic carbocycles. The number of halogens is 1. The molecule has 3 heterocycles. The smallest absolute Gasteiger partial charge is 0.266 e. The van der Waals surface area contributed by atoms with Crippen molar-refractivity contribution < 1.29 is 13.2 Å².